The Bertz CT molecular complexity index is 507. The van der Waals surface area contributed by atoms with Gasteiger partial charge in [-0.05, 0) is 25.7 Å². The van der Waals surface area contributed by atoms with Crippen LogP contribution in [0.15, 0.2) is 0 Å². The first-order valence-electron chi connectivity index (χ1n) is 8.61. The van der Waals surface area contributed by atoms with Crippen LogP contribution in [-0.2, 0) is 18.7 Å². The van der Waals surface area contributed by atoms with Gasteiger partial charge in [-0.25, -0.2) is 9.97 Å². The molecule has 21 heavy (non-hydrogen) atoms. The van der Waals surface area contributed by atoms with Crippen LogP contribution >= 0.6 is 11.8 Å². The van der Waals surface area contributed by atoms with E-state index in [0.717, 1.165) is 42.3 Å². The fraction of sp³-hybridized carbons (Fsp3) is 0.765. The summed E-state index contributed by atoms with van der Waals surface area (Å²) < 4.78 is 0. The second-order valence-electron chi connectivity index (χ2n) is 6.72. The van der Waals surface area contributed by atoms with Gasteiger partial charge >= 0.3 is 0 Å². The first-order valence-corrected chi connectivity index (χ1v) is 9.66. The number of rotatable bonds is 4. The summed E-state index contributed by atoms with van der Waals surface area (Å²) in [6.07, 6.45) is 10.8. The van der Waals surface area contributed by atoms with E-state index in [2.05, 4.69) is 17.1 Å². The normalized spacial score (nSPS) is 23.0. The molecule has 1 aliphatic heterocycles. The Morgan fingerprint density at radius 1 is 1.05 bits per heavy atom. The molecule has 4 rings (SSSR count). The van der Waals surface area contributed by atoms with Crippen molar-refractivity contribution in [3.8, 4) is 0 Å². The summed E-state index contributed by atoms with van der Waals surface area (Å²) in [5.41, 5.74) is 4.16. The highest BCUT2D eigenvalue weighted by Crippen LogP contribution is 2.38. The summed E-state index contributed by atoms with van der Waals surface area (Å²) in [4.78, 5) is 9.90. The Balaban J connectivity index is 1.55. The molecule has 1 N–H and O–H groups in total. The lowest BCUT2D eigenvalue weighted by molar-refractivity contribution is 0.403. The number of thioether (sulfide) groups is 1. The summed E-state index contributed by atoms with van der Waals surface area (Å²) in [5.74, 6) is 2.84. The highest BCUT2D eigenvalue weighted by Gasteiger charge is 2.27. The van der Waals surface area contributed by atoms with Crippen molar-refractivity contribution < 1.29 is 0 Å². The van der Waals surface area contributed by atoms with Crippen molar-refractivity contribution in [3.63, 3.8) is 0 Å². The molecule has 0 saturated heterocycles. The van der Waals surface area contributed by atoms with E-state index in [4.69, 9.17) is 9.97 Å². The van der Waals surface area contributed by atoms with Gasteiger partial charge in [0.1, 0.15) is 5.82 Å². The van der Waals surface area contributed by atoms with Crippen LogP contribution in [0.1, 0.15) is 73.6 Å². The zero-order valence-electron chi connectivity index (χ0n) is 12.7. The van der Waals surface area contributed by atoms with Crippen LogP contribution in [0.25, 0.3) is 0 Å². The maximum absolute atomic E-state index is 5.00. The molecule has 0 atom stereocenters. The van der Waals surface area contributed by atoms with Crippen LogP contribution in [0.2, 0.25) is 0 Å². The van der Waals surface area contributed by atoms with Gasteiger partial charge < -0.3 is 5.32 Å². The molecule has 114 valence electrons. The molecule has 4 heteroatoms. The Morgan fingerprint density at radius 3 is 2.67 bits per heavy atom. The molecule has 0 bridgehead atoms. The molecule has 3 nitrogen and oxygen atoms in total. The van der Waals surface area contributed by atoms with Crippen LogP contribution in [0.4, 0.5) is 0 Å². The highest BCUT2D eigenvalue weighted by atomic mass is 32.2. The Hall–Kier alpha value is -0.610. The zero-order chi connectivity index (χ0) is 14.1. The van der Waals surface area contributed by atoms with Gasteiger partial charge in [-0.2, -0.15) is 11.8 Å². The van der Waals surface area contributed by atoms with Crippen molar-refractivity contribution in [1.29, 1.82) is 0 Å². The molecule has 0 radical (unpaired) electrons. The Kier molecular flexibility index (Phi) is 4.17. The van der Waals surface area contributed by atoms with Gasteiger partial charge in [0.05, 0.1) is 17.1 Å². The topological polar surface area (TPSA) is 37.8 Å². The largest absolute Gasteiger partial charge is 0.312 e. The second kappa shape index (κ2) is 6.25. The third kappa shape index (κ3) is 2.98. The van der Waals surface area contributed by atoms with Crippen LogP contribution in [0.5, 0.6) is 0 Å². The summed E-state index contributed by atoms with van der Waals surface area (Å²) in [5, 5.41) is 4.36. The van der Waals surface area contributed by atoms with E-state index in [1.807, 2.05) is 0 Å². The van der Waals surface area contributed by atoms with Crippen molar-refractivity contribution in [2.45, 2.75) is 74.8 Å². The predicted molar refractivity (Wildman–Crippen MR) is 87.6 cm³/mol. The van der Waals surface area contributed by atoms with Crippen molar-refractivity contribution in [2.75, 3.05) is 6.54 Å². The molecule has 2 fully saturated rings. The third-order valence-corrected chi connectivity index (χ3v) is 6.62. The SMILES string of the molecule is C1CCC(SCc2nc3c(c(C4CCC4)n2)CNCC3)C1. The second-order valence-corrected chi connectivity index (χ2v) is 8.01. The minimum atomic E-state index is 0.719. The maximum atomic E-state index is 5.00. The van der Waals surface area contributed by atoms with Gasteiger partial charge in [-0.1, -0.05) is 19.3 Å². The molecule has 0 unspecified atom stereocenters. The number of fused-ring (bicyclic) bond motifs is 1. The lowest BCUT2D eigenvalue weighted by Crippen LogP contribution is -2.29. The fourth-order valence-electron chi connectivity index (χ4n) is 3.75. The van der Waals surface area contributed by atoms with Crippen LogP contribution < -0.4 is 5.32 Å². The molecule has 1 aromatic heterocycles. The first kappa shape index (κ1) is 14.0. The summed E-state index contributed by atoms with van der Waals surface area (Å²) >= 11 is 2.09. The summed E-state index contributed by atoms with van der Waals surface area (Å²) in [6.45, 7) is 2.06. The number of nitrogens with one attached hydrogen (secondary N) is 1. The van der Waals surface area contributed by atoms with E-state index >= 15 is 0 Å². The van der Waals surface area contributed by atoms with Crippen molar-refractivity contribution >= 4 is 11.8 Å². The number of aromatic nitrogens is 2. The molecule has 2 aliphatic carbocycles. The number of nitrogens with zero attached hydrogens (tertiary/aromatic N) is 2. The minimum Gasteiger partial charge on any atom is -0.312 e. The first-order chi connectivity index (χ1) is 10.4. The van der Waals surface area contributed by atoms with Gasteiger partial charge in [-0.3, -0.25) is 0 Å². The van der Waals surface area contributed by atoms with Crippen molar-refractivity contribution in [3.05, 3.63) is 22.8 Å². The average Bonchev–Trinajstić information content (AvgIpc) is 2.97. The van der Waals surface area contributed by atoms with Gasteiger partial charge in [0.2, 0.25) is 0 Å². The standard InChI is InChI=1S/C17H25N3S/c1-2-7-13(6-1)21-11-16-19-15-8-9-18-10-14(15)17(20-16)12-4-3-5-12/h12-13,18H,1-11H2. The van der Waals surface area contributed by atoms with Gasteiger partial charge in [-0.15, -0.1) is 0 Å². The molecule has 2 saturated carbocycles. The lowest BCUT2D eigenvalue weighted by Gasteiger charge is -2.29. The van der Waals surface area contributed by atoms with Crippen molar-refractivity contribution in [2.24, 2.45) is 0 Å². The zero-order valence-corrected chi connectivity index (χ0v) is 13.6. The van der Waals surface area contributed by atoms with Crippen LogP contribution in [0.3, 0.4) is 0 Å². The predicted octanol–water partition coefficient (Wildman–Crippen LogP) is 3.57. The number of hydrogen-bond donors (Lipinski definition) is 1. The number of hydrogen-bond acceptors (Lipinski definition) is 4. The molecular weight excluding hydrogens is 278 g/mol. The van der Waals surface area contributed by atoms with E-state index in [9.17, 15) is 0 Å². The fourth-order valence-corrected chi connectivity index (χ4v) is 4.93. The monoisotopic (exact) mass is 303 g/mol. The maximum Gasteiger partial charge on any atom is 0.138 e. The third-order valence-electron chi connectivity index (χ3n) is 5.25. The minimum absolute atomic E-state index is 0.719. The van der Waals surface area contributed by atoms with E-state index < -0.39 is 0 Å². The highest BCUT2D eigenvalue weighted by molar-refractivity contribution is 7.99. The average molecular weight is 303 g/mol. The molecule has 0 spiro atoms. The molecule has 0 aromatic carbocycles. The smallest absolute Gasteiger partial charge is 0.138 e. The van der Waals surface area contributed by atoms with E-state index in [1.165, 1.54) is 61.9 Å². The Labute approximate surface area is 131 Å². The summed E-state index contributed by atoms with van der Waals surface area (Å²) in [7, 11) is 0. The molecule has 1 aromatic rings. The summed E-state index contributed by atoms with van der Waals surface area (Å²) in [6, 6.07) is 0. The molecule has 3 aliphatic rings. The van der Waals surface area contributed by atoms with Crippen molar-refractivity contribution in [1.82, 2.24) is 15.3 Å². The molecular formula is C17H25N3S. The molecule has 0 amide bonds. The Morgan fingerprint density at radius 2 is 1.90 bits per heavy atom. The van der Waals surface area contributed by atoms with Gasteiger partial charge in [0.15, 0.2) is 0 Å². The van der Waals surface area contributed by atoms with Crippen LogP contribution in [-0.4, -0.2) is 21.8 Å². The molecule has 2 heterocycles. The van der Waals surface area contributed by atoms with Gasteiger partial charge in [0, 0.05) is 36.2 Å². The van der Waals surface area contributed by atoms with E-state index in [-0.39, 0.29) is 0 Å². The van der Waals surface area contributed by atoms with E-state index in [0.29, 0.717) is 0 Å². The van der Waals surface area contributed by atoms with Gasteiger partial charge in [0.25, 0.3) is 0 Å². The quantitative estimate of drug-likeness (QED) is 0.923. The van der Waals surface area contributed by atoms with E-state index in [1.54, 1.807) is 0 Å². The van der Waals surface area contributed by atoms with Crippen LogP contribution in [0, 0.1) is 0 Å². The lowest BCUT2D eigenvalue weighted by atomic mass is 9.80.